The smallest absolute Gasteiger partial charge is 0.233 e. The van der Waals surface area contributed by atoms with E-state index in [2.05, 4.69) is 5.32 Å². The first kappa shape index (κ1) is 23.0. The van der Waals surface area contributed by atoms with Gasteiger partial charge in [0.05, 0.1) is 25.2 Å². The third-order valence-corrected chi connectivity index (χ3v) is 6.27. The molecule has 0 aliphatic carbocycles. The van der Waals surface area contributed by atoms with E-state index < -0.39 is 6.10 Å². The van der Waals surface area contributed by atoms with E-state index in [-0.39, 0.29) is 23.7 Å². The van der Waals surface area contributed by atoms with Crippen LogP contribution in [-0.4, -0.2) is 25.2 Å². The van der Waals surface area contributed by atoms with Crippen LogP contribution < -0.4 is 15.0 Å². The molecule has 2 unspecified atom stereocenters. The Balaban J connectivity index is 1.54. The van der Waals surface area contributed by atoms with Crippen LogP contribution in [0.1, 0.15) is 41.7 Å². The first-order chi connectivity index (χ1) is 16.0. The molecule has 0 radical (unpaired) electrons. The number of hydrogen-bond donors (Lipinski definition) is 2. The fraction of sp³-hybridized carbons (Fsp3) is 0.296. The van der Waals surface area contributed by atoms with E-state index in [1.54, 1.807) is 19.2 Å². The van der Waals surface area contributed by atoms with Gasteiger partial charge in [-0.25, -0.2) is 4.39 Å². The third-order valence-electron chi connectivity index (χ3n) is 6.27. The number of β-lactam (4-membered cyclic amide) rings is 1. The second kappa shape index (κ2) is 10.1. The van der Waals surface area contributed by atoms with Gasteiger partial charge in [0.25, 0.3) is 0 Å². The fourth-order valence-electron chi connectivity index (χ4n) is 4.47. The molecule has 172 valence electrons. The van der Waals surface area contributed by atoms with Gasteiger partial charge in [-0.1, -0.05) is 36.4 Å². The minimum Gasteiger partial charge on any atom is -0.497 e. The molecule has 1 fully saturated rings. The number of carbonyl (C=O) groups excluding carboxylic acids is 1. The van der Waals surface area contributed by atoms with Crippen LogP contribution in [0.4, 0.5) is 10.1 Å². The highest BCUT2D eigenvalue weighted by Gasteiger charge is 2.48. The van der Waals surface area contributed by atoms with Gasteiger partial charge in [0.2, 0.25) is 5.91 Å². The molecular weight excluding hydrogens is 419 g/mol. The first-order valence-electron chi connectivity index (χ1n) is 11.2. The summed E-state index contributed by atoms with van der Waals surface area (Å²) in [6, 6.07) is 21.5. The topological polar surface area (TPSA) is 61.8 Å². The maximum absolute atomic E-state index is 13.2. The van der Waals surface area contributed by atoms with Gasteiger partial charge in [0, 0.05) is 12.2 Å². The summed E-state index contributed by atoms with van der Waals surface area (Å²) in [4.78, 5) is 15.1. The second-order valence-electron chi connectivity index (χ2n) is 8.37. The van der Waals surface area contributed by atoms with Crippen molar-refractivity contribution in [3.05, 3.63) is 95.3 Å². The molecule has 0 saturated carbocycles. The molecule has 3 aromatic rings. The average molecular weight is 449 g/mol. The Labute approximate surface area is 193 Å². The number of carbonyl (C=O) groups is 1. The van der Waals surface area contributed by atoms with Crippen LogP contribution in [0.5, 0.6) is 5.75 Å². The monoisotopic (exact) mass is 448 g/mol. The number of methoxy groups -OCH3 is 1. The Morgan fingerprint density at radius 2 is 1.70 bits per heavy atom. The largest absolute Gasteiger partial charge is 0.497 e. The van der Waals surface area contributed by atoms with Gasteiger partial charge in [0.1, 0.15) is 11.6 Å². The summed E-state index contributed by atoms with van der Waals surface area (Å²) in [5, 5.41) is 13.7. The normalized spacial score (nSPS) is 18.7. The summed E-state index contributed by atoms with van der Waals surface area (Å²) in [5.74, 6) is 0.223. The molecule has 0 bridgehead atoms. The van der Waals surface area contributed by atoms with Crippen molar-refractivity contribution >= 4 is 11.6 Å². The molecule has 0 aromatic heterocycles. The van der Waals surface area contributed by atoms with Gasteiger partial charge in [-0.3, -0.25) is 4.79 Å². The molecule has 1 aliphatic heterocycles. The summed E-state index contributed by atoms with van der Waals surface area (Å²) in [5.41, 5.74) is 3.68. The molecule has 3 aromatic carbocycles. The Bertz CT molecular complexity index is 1070. The van der Waals surface area contributed by atoms with E-state index in [9.17, 15) is 14.3 Å². The van der Waals surface area contributed by atoms with E-state index in [0.29, 0.717) is 18.4 Å². The third kappa shape index (κ3) is 4.92. The molecule has 1 heterocycles. The van der Waals surface area contributed by atoms with Gasteiger partial charge < -0.3 is 20.1 Å². The van der Waals surface area contributed by atoms with E-state index in [4.69, 9.17) is 4.74 Å². The first-order valence-corrected chi connectivity index (χ1v) is 11.2. The van der Waals surface area contributed by atoms with Gasteiger partial charge in [0.15, 0.2) is 0 Å². The van der Waals surface area contributed by atoms with Crippen molar-refractivity contribution in [2.24, 2.45) is 5.92 Å². The van der Waals surface area contributed by atoms with Crippen LogP contribution in [0, 0.1) is 11.7 Å². The number of rotatable bonds is 9. The number of nitrogens with zero attached hydrogens (tertiary/aromatic N) is 1. The van der Waals surface area contributed by atoms with Crippen molar-refractivity contribution in [2.45, 2.75) is 31.5 Å². The predicted molar refractivity (Wildman–Crippen MR) is 127 cm³/mol. The van der Waals surface area contributed by atoms with Crippen molar-refractivity contribution in [3.63, 3.8) is 0 Å². The van der Waals surface area contributed by atoms with Crippen LogP contribution in [0.3, 0.4) is 0 Å². The number of nitrogens with one attached hydrogen (secondary N) is 1. The molecule has 4 rings (SSSR count). The number of halogens is 1. The molecule has 5 nitrogen and oxygen atoms in total. The Kier molecular flexibility index (Phi) is 7.06. The van der Waals surface area contributed by atoms with Crippen LogP contribution in [0.2, 0.25) is 0 Å². The summed E-state index contributed by atoms with van der Waals surface area (Å²) in [6.45, 7) is 0.764. The highest BCUT2D eigenvalue weighted by Crippen LogP contribution is 2.46. The minimum absolute atomic E-state index is 0.0449. The molecule has 33 heavy (non-hydrogen) atoms. The van der Waals surface area contributed by atoms with Crippen molar-refractivity contribution in [1.29, 1.82) is 0 Å². The zero-order chi connectivity index (χ0) is 23.4. The van der Waals surface area contributed by atoms with Crippen LogP contribution >= 0.6 is 0 Å². The van der Waals surface area contributed by atoms with Gasteiger partial charge in [-0.15, -0.1) is 0 Å². The van der Waals surface area contributed by atoms with Crippen molar-refractivity contribution in [1.82, 2.24) is 5.32 Å². The molecule has 3 atom stereocenters. The summed E-state index contributed by atoms with van der Waals surface area (Å²) in [6.07, 6.45) is 0.205. The van der Waals surface area contributed by atoms with Crippen molar-refractivity contribution in [3.8, 4) is 5.75 Å². The molecular formula is C27H29FN2O3. The van der Waals surface area contributed by atoms with E-state index >= 15 is 0 Å². The van der Waals surface area contributed by atoms with E-state index in [1.807, 2.05) is 60.5 Å². The van der Waals surface area contributed by atoms with Gasteiger partial charge in [-0.2, -0.15) is 0 Å². The van der Waals surface area contributed by atoms with Crippen molar-refractivity contribution in [2.75, 3.05) is 19.1 Å². The number of ether oxygens (including phenoxy) is 1. The lowest BCUT2D eigenvalue weighted by Gasteiger charge is -2.48. The van der Waals surface area contributed by atoms with Crippen LogP contribution in [0.25, 0.3) is 0 Å². The minimum atomic E-state index is -0.746. The number of benzene rings is 3. The Morgan fingerprint density at radius 3 is 2.30 bits per heavy atom. The predicted octanol–water partition coefficient (Wildman–Crippen LogP) is 4.77. The van der Waals surface area contributed by atoms with Crippen LogP contribution in [-0.2, 0) is 11.3 Å². The van der Waals surface area contributed by atoms with Gasteiger partial charge >= 0.3 is 0 Å². The fourth-order valence-corrected chi connectivity index (χ4v) is 4.47. The maximum atomic E-state index is 13.2. The molecule has 0 spiro atoms. The quantitative estimate of drug-likeness (QED) is 0.463. The second-order valence-corrected chi connectivity index (χ2v) is 8.37. The van der Waals surface area contributed by atoms with E-state index in [0.717, 1.165) is 29.1 Å². The number of hydrogen-bond acceptors (Lipinski definition) is 4. The zero-order valence-corrected chi connectivity index (χ0v) is 18.9. The number of aliphatic hydroxyl groups excluding tert-OH is 1. The highest BCUT2D eigenvalue weighted by atomic mass is 19.1. The Hall–Kier alpha value is -3.22. The SMILES string of the molecule is CNCc1ccc(N2C(=O)[C@H](CCC(O)c3ccc(F)cc3)C2c2ccc(OC)cc2)cc1. The molecule has 6 heteroatoms. The maximum Gasteiger partial charge on any atom is 0.233 e. The lowest BCUT2D eigenvalue weighted by Crippen LogP contribution is -2.55. The number of aliphatic hydroxyl groups is 1. The molecule has 1 amide bonds. The highest BCUT2D eigenvalue weighted by molar-refractivity contribution is 6.03. The standard InChI is InChI=1S/C27H29FN2O3/c1-29-17-18-3-11-22(12-4-18)30-26(20-7-13-23(33-2)14-8-20)24(27(30)32)15-16-25(31)19-5-9-21(28)10-6-19/h3-14,24-26,29,31H,15-17H2,1-2H3/t24-,25?,26?/m1/s1. The summed E-state index contributed by atoms with van der Waals surface area (Å²) < 4.78 is 18.5. The average Bonchev–Trinajstić information content (AvgIpc) is 2.84. The van der Waals surface area contributed by atoms with E-state index in [1.165, 1.54) is 12.1 Å². The molecule has 1 saturated heterocycles. The number of amides is 1. The lowest BCUT2D eigenvalue weighted by molar-refractivity contribution is -0.131. The van der Waals surface area contributed by atoms with Crippen molar-refractivity contribution < 1.29 is 19.0 Å². The zero-order valence-electron chi connectivity index (χ0n) is 18.9. The molecule has 2 N–H and O–H groups in total. The Morgan fingerprint density at radius 1 is 1.03 bits per heavy atom. The van der Waals surface area contributed by atoms with Crippen LogP contribution in [0.15, 0.2) is 72.8 Å². The number of anilines is 1. The summed E-state index contributed by atoms with van der Waals surface area (Å²) in [7, 11) is 3.53. The summed E-state index contributed by atoms with van der Waals surface area (Å²) >= 11 is 0. The van der Waals surface area contributed by atoms with Gasteiger partial charge in [-0.05, 0) is 73.0 Å². The molecule has 1 aliphatic rings. The lowest BCUT2D eigenvalue weighted by atomic mass is 9.78.